The summed E-state index contributed by atoms with van der Waals surface area (Å²) in [4.78, 5) is 39.0. The first-order chi connectivity index (χ1) is 12.2. The number of hydrogen-bond donors (Lipinski definition) is 1. The Hall–Kier alpha value is -2.67. The molecule has 1 atom stereocenters. The summed E-state index contributed by atoms with van der Waals surface area (Å²) in [7, 11) is 4.60. The zero-order valence-corrected chi connectivity index (χ0v) is 15.9. The average Bonchev–Trinajstić information content (AvgIpc) is 2.64. The summed E-state index contributed by atoms with van der Waals surface area (Å²) < 4.78 is 2.02. The van der Waals surface area contributed by atoms with E-state index in [4.69, 9.17) is 5.73 Å². The molecule has 0 aliphatic heterocycles. The Bertz CT molecular complexity index is 926. The van der Waals surface area contributed by atoms with E-state index >= 15 is 0 Å². The molecule has 2 N–H and O–H groups in total. The number of benzene rings is 1. The van der Waals surface area contributed by atoms with Gasteiger partial charge in [-0.3, -0.25) is 23.6 Å². The standard InChI is InChI=1S/C19H26N4O3/c1-6-13-7-9-14(10-8-13)11-21(3)12(2)16(24)15-17(20)22(4)19(26)23(5)18(15)25/h7-10,12H,6,11,20H2,1-5H3. The monoisotopic (exact) mass is 358 g/mol. The van der Waals surface area contributed by atoms with Crippen LogP contribution in [0.1, 0.15) is 35.3 Å². The van der Waals surface area contributed by atoms with E-state index in [1.54, 1.807) is 6.92 Å². The van der Waals surface area contributed by atoms with Crippen LogP contribution in [0.4, 0.5) is 5.82 Å². The molecular weight excluding hydrogens is 332 g/mol. The number of aryl methyl sites for hydroxylation is 1. The number of nitrogens with two attached hydrogens (primary N) is 1. The van der Waals surface area contributed by atoms with Gasteiger partial charge in [-0.25, -0.2) is 4.79 Å². The fourth-order valence-electron chi connectivity index (χ4n) is 2.81. The van der Waals surface area contributed by atoms with Crippen molar-refractivity contribution in [1.29, 1.82) is 0 Å². The van der Waals surface area contributed by atoms with Crippen molar-refractivity contribution in [3.05, 3.63) is 61.8 Å². The van der Waals surface area contributed by atoms with Gasteiger partial charge in [-0.15, -0.1) is 0 Å². The number of nitrogen functional groups attached to an aromatic ring is 1. The van der Waals surface area contributed by atoms with Crippen molar-refractivity contribution in [3.8, 4) is 0 Å². The van der Waals surface area contributed by atoms with Crippen LogP contribution in [0.25, 0.3) is 0 Å². The molecule has 0 saturated carbocycles. The highest BCUT2D eigenvalue weighted by Gasteiger charge is 2.27. The maximum Gasteiger partial charge on any atom is 0.332 e. The Kier molecular flexibility index (Phi) is 5.82. The number of hydrogen-bond acceptors (Lipinski definition) is 5. The van der Waals surface area contributed by atoms with Gasteiger partial charge in [0.15, 0.2) is 5.78 Å². The first-order valence-corrected chi connectivity index (χ1v) is 8.56. The summed E-state index contributed by atoms with van der Waals surface area (Å²) in [6.07, 6.45) is 0.973. The second-order valence-electron chi connectivity index (χ2n) is 6.59. The van der Waals surface area contributed by atoms with E-state index < -0.39 is 23.1 Å². The maximum absolute atomic E-state index is 12.9. The Labute approximate surface area is 152 Å². The van der Waals surface area contributed by atoms with E-state index in [2.05, 4.69) is 19.1 Å². The molecule has 1 heterocycles. The summed E-state index contributed by atoms with van der Waals surface area (Å²) in [5.41, 5.74) is 6.85. The minimum Gasteiger partial charge on any atom is -0.384 e. The lowest BCUT2D eigenvalue weighted by molar-refractivity contribution is 0.0860. The third-order valence-corrected chi connectivity index (χ3v) is 4.86. The van der Waals surface area contributed by atoms with Gasteiger partial charge in [-0.05, 0) is 31.5 Å². The number of Topliss-reactive ketones (excluding diaryl/α,β-unsaturated/α-hetero) is 1. The van der Waals surface area contributed by atoms with Gasteiger partial charge in [0.2, 0.25) is 0 Å². The van der Waals surface area contributed by atoms with Crippen LogP contribution >= 0.6 is 0 Å². The molecule has 1 unspecified atom stereocenters. The second kappa shape index (κ2) is 7.70. The van der Waals surface area contributed by atoms with Gasteiger partial charge in [-0.1, -0.05) is 31.2 Å². The molecule has 0 aliphatic carbocycles. The molecule has 2 rings (SSSR count). The average molecular weight is 358 g/mol. The normalized spacial score (nSPS) is 12.4. The smallest absolute Gasteiger partial charge is 0.332 e. The number of ketones is 1. The van der Waals surface area contributed by atoms with E-state index in [0.717, 1.165) is 21.1 Å². The molecule has 0 fully saturated rings. The highest BCUT2D eigenvalue weighted by atomic mass is 16.2. The van der Waals surface area contributed by atoms with E-state index in [-0.39, 0.29) is 11.4 Å². The van der Waals surface area contributed by atoms with Gasteiger partial charge in [0.1, 0.15) is 11.4 Å². The van der Waals surface area contributed by atoms with E-state index in [0.29, 0.717) is 6.54 Å². The zero-order chi connectivity index (χ0) is 19.6. The Balaban J connectivity index is 2.29. The number of rotatable bonds is 6. The van der Waals surface area contributed by atoms with Crippen molar-refractivity contribution in [2.24, 2.45) is 14.1 Å². The Morgan fingerprint density at radius 1 is 1.12 bits per heavy atom. The van der Waals surface area contributed by atoms with Crippen LogP contribution in [0, 0.1) is 0 Å². The minimum atomic E-state index is -0.664. The van der Waals surface area contributed by atoms with E-state index in [1.807, 2.05) is 24.1 Å². The number of carbonyl (C=O) groups is 1. The van der Waals surface area contributed by atoms with Gasteiger partial charge in [-0.2, -0.15) is 0 Å². The van der Waals surface area contributed by atoms with Gasteiger partial charge < -0.3 is 5.73 Å². The zero-order valence-electron chi connectivity index (χ0n) is 15.9. The molecule has 7 heteroatoms. The van der Waals surface area contributed by atoms with Crippen LogP contribution in [0.15, 0.2) is 33.9 Å². The van der Waals surface area contributed by atoms with Crippen molar-refractivity contribution in [1.82, 2.24) is 14.0 Å². The molecule has 0 radical (unpaired) electrons. The fourth-order valence-corrected chi connectivity index (χ4v) is 2.81. The van der Waals surface area contributed by atoms with Crippen LogP contribution in [-0.4, -0.2) is 32.9 Å². The molecule has 0 amide bonds. The second-order valence-corrected chi connectivity index (χ2v) is 6.59. The quantitative estimate of drug-likeness (QED) is 0.776. The molecule has 0 spiro atoms. The Morgan fingerprint density at radius 2 is 1.65 bits per heavy atom. The predicted molar refractivity (Wildman–Crippen MR) is 102 cm³/mol. The van der Waals surface area contributed by atoms with Gasteiger partial charge in [0.25, 0.3) is 5.56 Å². The predicted octanol–water partition coefficient (Wildman–Crippen LogP) is 0.932. The molecule has 140 valence electrons. The summed E-state index contributed by atoms with van der Waals surface area (Å²) in [5.74, 6) is -0.498. The fraction of sp³-hybridized carbons (Fsp3) is 0.421. The topological polar surface area (TPSA) is 90.3 Å². The van der Waals surface area contributed by atoms with E-state index in [9.17, 15) is 14.4 Å². The number of likely N-dealkylation sites (N-methyl/N-ethyl adjacent to an activating group) is 1. The first kappa shape index (κ1) is 19.7. The summed E-state index contributed by atoms with van der Waals surface area (Å²) in [6, 6.07) is 7.64. The SMILES string of the molecule is CCc1ccc(CN(C)C(C)C(=O)c2c(N)n(C)c(=O)n(C)c2=O)cc1. The largest absolute Gasteiger partial charge is 0.384 e. The van der Waals surface area contributed by atoms with Crippen LogP contribution in [0.3, 0.4) is 0 Å². The molecule has 0 saturated heterocycles. The lowest BCUT2D eigenvalue weighted by atomic mass is 10.0. The van der Waals surface area contributed by atoms with E-state index in [1.165, 1.54) is 19.7 Å². The molecule has 2 aromatic rings. The highest BCUT2D eigenvalue weighted by molar-refractivity contribution is 6.03. The van der Waals surface area contributed by atoms with Crippen molar-refractivity contribution in [2.45, 2.75) is 32.9 Å². The molecular formula is C19H26N4O3. The highest BCUT2D eigenvalue weighted by Crippen LogP contribution is 2.13. The number of aromatic nitrogens is 2. The number of carbonyl (C=O) groups excluding carboxylic acids is 1. The molecule has 0 bridgehead atoms. The van der Waals surface area contributed by atoms with Gasteiger partial charge in [0.05, 0.1) is 6.04 Å². The molecule has 0 aliphatic rings. The third kappa shape index (κ3) is 3.62. The first-order valence-electron chi connectivity index (χ1n) is 8.56. The van der Waals surface area contributed by atoms with Crippen molar-refractivity contribution in [3.63, 3.8) is 0 Å². The molecule has 1 aromatic carbocycles. The van der Waals surface area contributed by atoms with Crippen LogP contribution in [-0.2, 0) is 27.1 Å². The number of anilines is 1. The summed E-state index contributed by atoms with van der Waals surface area (Å²) in [5, 5.41) is 0. The Morgan fingerprint density at radius 3 is 2.19 bits per heavy atom. The van der Waals surface area contributed by atoms with Gasteiger partial charge in [0, 0.05) is 20.6 Å². The summed E-state index contributed by atoms with van der Waals surface area (Å²) in [6.45, 7) is 4.38. The van der Waals surface area contributed by atoms with Crippen molar-refractivity contribution >= 4 is 11.6 Å². The van der Waals surface area contributed by atoms with Crippen LogP contribution in [0.5, 0.6) is 0 Å². The lowest BCUT2D eigenvalue weighted by Crippen LogP contribution is -2.45. The summed E-state index contributed by atoms with van der Waals surface area (Å²) >= 11 is 0. The molecule has 7 nitrogen and oxygen atoms in total. The third-order valence-electron chi connectivity index (χ3n) is 4.86. The van der Waals surface area contributed by atoms with Crippen LogP contribution < -0.4 is 17.0 Å². The molecule has 26 heavy (non-hydrogen) atoms. The minimum absolute atomic E-state index is 0.101. The van der Waals surface area contributed by atoms with Crippen LogP contribution in [0.2, 0.25) is 0 Å². The molecule has 1 aromatic heterocycles. The van der Waals surface area contributed by atoms with Crippen molar-refractivity contribution in [2.75, 3.05) is 12.8 Å². The van der Waals surface area contributed by atoms with Crippen molar-refractivity contribution < 1.29 is 4.79 Å². The van der Waals surface area contributed by atoms with Gasteiger partial charge >= 0.3 is 5.69 Å². The number of nitrogens with zero attached hydrogens (tertiary/aromatic N) is 3. The lowest BCUT2D eigenvalue weighted by Gasteiger charge is -2.24. The maximum atomic E-state index is 12.9.